The molecular formula is C8H15N3S. The van der Waals surface area contributed by atoms with Gasteiger partial charge in [0.05, 0.1) is 5.01 Å². The van der Waals surface area contributed by atoms with Crippen molar-refractivity contribution in [2.45, 2.75) is 13.3 Å². The molecule has 68 valence electrons. The molecule has 1 heterocycles. The molecule has 0 saturated carbocycles. The molecule has 12 heavy (non-hydrogen) atoms. The van der Waals surface area contributed by atoms with Crippen LogP contribution in [0.25, 0.3) is 0 Å². The van der Waals surface area contributed by atoms with Gasteiger partial charge in [0.1, 0.15) is 5.82 Å². The summed E-state index contributed by atoms with van der Waals surface area (Å²) in [5.41, 5.74) is 5.63. The molecule has 0 aliphatic heterocycles. The van der Waals surface area contributed by atoms with E-state index >= 15 is 0 Å². The van der Waals surface area contributed by atoms with Crippen molar-refractivity contribution in [1.29, 1.82) is 0 Å². The summed E-state index contributed by atoms with van der Waals surface area (Å²) < 4.78 is 0. The first-order chi connectivity index (χ1) is 5.59. The van der Waals surface area contributed by atoms with Crippen molar-refractivity contribution in [3.05, 3.63) is 9.88 Å². The minimum atomic E-state index is 0.689. The highest BCUT2D eigenvalue weighted by Gasteiger charge is 2.03. The molecule has 0 bridgehead atoms. The molecule has 2 N–H and O–H groups in total. The minimum absolute atomic E-state index is 0.689. The van der Waals surface area contributed by atoms with E-state index in [1.54, 1.807) is 11.3 Å². The standard InChI is InChI=1S/C8H15N3S/c1-6-8(9)10-7(12-6)4-5-11(2)3/h4-5,9H2,1-3H3. The third-order valence-electron chi connectivity index (χ3n) is 1.65. The van der Waals surface area contributed by atoms with Crippen LogP contribution in [0.5, 0.6) is 0 Å². The van der Waals surface area contributed by atoms with Gasteiger partial charge in [-0.05, 0) is 21.0 Å². The SMILES string of the molecule is Cc1sc(CCN(C)C)nc1N. The van der Waals surface area contributed by atoms with Gasteiger partial charge in [-0.1, -0.05) is 0 Å². The monoisotopic (exact) mass is 185 g/mol. The predicted molar refractivity (Wildman–Crippen MR) is 53.5 cm³/mol. The van der Waals surface area contributed by atoms with Crippen LogP contribution >= 0.6 is 11.3 Å². The molecule has 0 unspecified atom stereocenters. The Morgan fingerprint density at radius 1 is 1.50 bits per heavy atom. The second kappa shape index (κ2) is 3.87. The molecule has 4 heteroatoms. The van der Waals surface area contributed by atoms with E-state index in [1.165, 1.54) is 0 Å². The molecule has 0 amide bonds. The third kappa shape index (κ3) is 2.46. The lowest BCUT2D eigenvalue weighted by Crippen LogP contribution is -2.14. The Kier molecular flexibility index (Phi) is 3.05. The van der Waals surface area contributed by atoms with Crippen LogP contribution < -0.4 is 5.73 Å². The maximum Gasteiger partial charge on any atom is 0.137 e. The molecule has 0 aromatic carbocycles. The largest absolute Gasteiger partial charge is 0.383 e. The van der Waals surface area contributed by atoms with Gasteiger partial charge in [-0.3, -0.25) is 0 Å². The minimum Gasteiger partial charge on any atom is -0.383 e. The van der Waals surface area contributed by atoms with Crippen molar-refractivity contribution in [1.82, 2.24) is 9.88 Å². The van der Waals surface area contributed by atoms with Gasteiger partial charge in [0, 0.05) is 17.8 Å². The Hall–Kier alpha value is -0.610. The van der Waals surface area contributed by atoms with Crippen molar-refractivity contribution in [2.24, 2.45) is 0 Å². The molecular weight excluding hydrogens is 170 g/mol. The summed E-state index contributed by atoms with van der Waals surface area (Å²) in [4.78, 5) is 7.53. The van der Waals surface area contributed by atoms with Crippen LogP contribution in [0, 0.1) is 6.92 Å². The number of hydrogen-bond donors (Lipinski definition) is 1. The summed E-state index contributed by atoms with van der Waals surface area (Å²) in [6, 6.07) is 0. The fourth-order valence-corrected chi connectivity index (χ4v) is 1.73. The van der Waals surface area contributed by atoms with E-state index < -0.39 is 0 Å². The Morgan fingerprint density at radius 3 is 2.58 bits per heavy atom. The summed E-state index contributed by atoms with van der Waals surface area (Å²) in [6.45, 7) is 3.04. The first-order valence-electron chi connectivity index (χ1n) is 3.96. The van der Waals surface area contributed by atoms with Gasteiger partial charge in [0.25, 0.3) is 0 Å². The lowest BCUT2D eigenvalue weighted by molar-refractivity contribution is 0.413. The van der Waals surface area contributed by atoms with Crippen LogP contribution in [0.4, 0.5) is 5.82 Å². The lowest BCUT2D eigenvalue weighted by atomic mass is 10.4. The zero-order valence-corrected chi connectivity index (χ0v) is 8.61. The molecule has 0 aliphatic rings. The second-order valence-electron chi connectivity index (χ2n) is 3.10. The van der Waals surface area contributed by atoms with Gasteiger partial charge in [0.15, 0.2) is 0 Å². The average molecular weight is 185 g/mol. The summed E-state index contributed by atoms with van der Waals surface area (Å²) in [5, 5.41) is 1.14. The molecule has 0 atom stereocenters. The fourth-order valence-electron chi connectivity index (χ4n) is 0.891. The Balaban J connectivity index is 2.53. The number of nitrogens with zero attached hydrogens (tertiary/aromatic N) is 2. The molecule has 0 aliphatic carbocycles. The third-order valence-corrected chi connectivity index (χ3v) is 2.70. The lowest BCUT2D eigenvalue weighted by Gasteiger charge is -2.06. The van der Waals surface area contributed by atoms with E-state index in [0.29, 0.717) is 5.82 Å². The molecule has 1 aromatic heterocycles. The number of aromatic nitrogens is 1. The molecule has 0 fully saturated rings. The Bertz CT molecular complexity index is 235. The van der Waals surface area contributed by atoms with E-state index in [0.717, 1.165) is 22.9 Å². The number of aryl methyl sites for hydroxylation is 1. The summed E-state index contributed by atoms with van der Waals surface area (Å²) in [5.74, 6) is 0.689. The van der Waals surface area contributed by atoms with E-state index in [2.05, 4.69) is 24.0 Å². The number of nitrogen functional groups attached to an aromatic ring is 1. The van der Waals surface area contributed by atoms with Gasteiger partial charge < -0.3 is 10.6 Å². The number of nitrogens with two attached hydrogens (primary N) is 1. The molecule has 0 radical (unpaired) electrons. The van der Waals surface area contributed by atoms with Gasteiger partial charge in [-0.15, -0.1) is 11.3 Å². The molecule has 3 nitrogen and oxygen atoms in total. The van der Waals surface area contributed by atoms with Crippen LogP contribution in [0.15, 0.2) is 0 Å². The van der Waals surface area contributed by atoms with Gasteiger partial charge in [-0.25, -0.2) is 4.98 Å². The molecule has 0 spiro atoms. The fraction of sp³-hybridized carbons (Fsp3) is 0.625. The Morgan fingerprint density at radius 2 is 2.17 bits per heavy atom. The van der Waals surface area contributed by atoms with Crippen molar-refractivity contribution < 1.29 is 0 Å². The highest BCUT2D eigenvalue weighted by atomic mass is 32.1. The first-order valence-corrected chi connectivity index (χ1v) is 4.77. The molecule has 1 aromatic rings. The van der Waals surface area contributed by atoms with E-state index in [9.17, 15) is 0 Å². The quantitative estimate of drug-likeness (QED) is 0.768. The zero-order chi connectivity index (χ0) is 9.14. The van der Waals surface area contributed by atoms with E-state index in [4.69, 9.17) is 5.73 Å². The Labute approximate surface area is 77.2 Å². The van der Waals surface area contributed by atoms with Crippen LogP contribution in [0.2, 0.25) is 0 Å². The van der Waals surface area contributed by atoms with Gasteiger partial charge >= 0.3 is 0 Å². The number of rotatable bonds is 3. The molecule has 0 saturated heterocycles. The number of hydrogen-bond acceptors (Lipinski definition) is 4. The van der Waals surface area contributed by atoms with Crippen LogP contribution in [0.3, 0.4) is 0 Å². The van der Waals surface area contributed by atoms with Gasteiger partial charge in [-0.2, -0.15) is 0 Å². The summed E-state index contributed by atoms with van der Waals surface area (Å²) in [6.07, 6.45) is 0.996. The highest BCUT2D eigenvalue weighted by molar-refractivity contribution is 7.12. The molecule has 1 rings (SSSR count). The maximum absolute atomic E-state index is 5.63. The zero-order valence-electron chi connectivity index (χ0n) is 7.79. The second-order valence-corrected chi connectivity index (χ2v) is 4.39. The summed E-state index contributed by atoms with van der Waals surface area (Å²) >= 11 is 1.69. The maximum atomic E-state index is 5.63. The van der Waals surface area contributed by atoms with Crippen molar-refractivity contribution >= 4 is 17.2 Å². The van der Waals surface area contributed by atoms with Crippen LogP contribution in [0.1, 0.15) is 9.88 Å². The van der Waals surface area contributed by atoms with Crippen molar-refractivity contribution in [3.63, 3.8) is 0 Å². The predicted octanol–water partition coefficient (Wildman–Crippen LogP) is 1.14. The smallest absolute Gasteiger partial charge is 0.137 e. The normalized spacial score (nSPS) is 11.0. The number of thiazole rings is 1. The summed E-state index contributed by atoms with van der Waals surface area (Å²) in [7, 11) is 4.12. The van der Waals surface area contributed by atoms with E-state index in [1.807, 2.05) is 6.92 Å². The van der Waals surface area contributed by atoms with E-state index in [-0.39, 0.29) is 0 Å². The number of anilines is 1. The number of likely N-dealkylation sites (N-methyl/N-ethyl adjacent to an activating group) is 1. The topological polar surface area (TPSA) is 42.2 Å². The van der Waals surface area contributed by atoms with Crippen molar-refractivity contribution in [3.8, 4) is 0 Å². The first kappa shape index (κ1) is 9.48. The van der Waals surface area contributed by atoms with Crippen LogP contribution in [-0.4, -0.2) is 30.5 Å². The van der Waals surface area contributed by atoms with Crippen LogP contribution in [-0.2, 0) is 6.42 Å². The van der Waals surface area contributed by atoms with Gasteiger partial charge in [0.2, 0.25) is 0 Å². The average Bonchev–Trinajstić information content (AvgIpc) is 2.28. The highest BCUT2D eigenvalue weighted by Crippen LogP contribution is 2.19. The van der Waals surface area contributed by atoms with Crippen molar-refractivity contribution in [2.75, 3.05) is 26.4 Å².